The molecule has 2 rings (SSSR count). The molecule has 2 nitrogen and oxygen atoms in total. The summed E-state index contributed by atoms with van der Waals surface area (Å²) in [7, 11) is 1.79. The fourth-order valence-corrected chi connectivity index (χ4v) is 1.90. The molecule has 1 unspecified atom stereocenters. The molecule has 1 aromatic carbocycles. The molecule has 0 N–H and O–H groups in total. The number of rotatable bonds is 2. The number of hydrogen-bond donors (Lipinski definition) is 0. The molecule has 1 aromatic rings. The molecular formula is C16H15NO. The van der Waals surface area contributed by atoms with E-state index >= 15 is 0 Å². The smallest absolute Gasteiger partial charge is 0.173 e. The molecule has 1 aliphatic heterocycles. The number of benzene rings is 1. The molecular weight excluding hydrogens is 222 g/mol. The van der Waals surface area contributed by atoms with Crippen LogP contribution < -0.4 is 0 Å². The third-order valence-electron chi connectivity index (χ3n) is 2.86. The van der Waals surface area contributed by atoms with E-state index in [1.807, 2.05) is 12.2 Å². The number of allylic oxidation sites excluding steroid dienone is 3. The predicted molar refractivity (Wildman–Crippen MR) is 74.3 cm³/mol. The zero-order valence-electron chi connectivity index (χ0n) is 10.6. The van der Waals surface area contributed by atoms with Gasteiger partial charge in [-0.1, -0.05) is 29.8 Å². The summed E-state index contributed by atoms with van der Waals surface area (Å²) >= 11 is 0. The van der Waals surface area contributed by atoms with E-state index in [-0.39, 0.29) is 5.92 Å². The zero-order valence-corrected chi connectivity index (χ0v) is 10.6. The van der Waals surface area contributed by atoms with Crippen LogP contribution >= 0.6 is 0 Å². The number of aryl methyl sites for hydroxylation is 1. The second-order valence-corrected chi connectivity index (χ2v) is 4.12. The van der Waals surface area contributed by atoms with Crippen molar-refractivity contribution in [3.05, 3.63) is 59.6 Å². The lowest BCUT2D eigenvalue weighted by molar-refractivity contribution is 0.360. The molecule has 0 amide bonds. The Labute approximate surface area is 108 Å². The van der Waals surface area contributed by atoms with E-state index < -0.39 is 0 Å². The van der Waals surface area contributed by atoms with Gasteiger partial charge >= 0.3 is 0 Å². The van der Waals surface area contributed by atoms with Gasteiger partial charge in [0, 0.05) is 13.0 Å². The SMILES string of the molecule is C#CC1=CC(C(=NC)c2ccc(C)cc2)C=CO1. The van der Waals surface area contributed by atoms with Crippen LogP contribution in [0, 0.1) is 25.2 Å². The Bertz CT molecular complexity index is 556. The average Bonchev–Trinajstić information content (AvgIpc) is 2.42. The Hall–Kier alpha value is -2.27. The number of aliphatic imine (C=N–C) groups is 1. The fourth-order valence-electron chi connectivity index (χ4n) is 1.90. The summed E-state index contributed by atoms with van der Waals surface area (Å²) in [6, 6.07) is 8.30. The normalized spacial score (nSPS) is 18.8. The van der Waals surface area contributed by atoms with Gasteiger partial charge in [-0.2, -0.15) is 0 Å². The van der Waals surface area contributed by atoms with Gasteiger partial charge in [-0.05, 0) is 30.6 Å². The third kappa shape index (κ3) is 2.52. The van der Waals surface area contributed by atoms with Gasteiger partial charge in [0.1, 0.15) is 0 Å². The number of terminal acetylenes is 1. The molecule has 1 heterocycles. The van der Waals surface area contributed by atoms with Crippen LogP contribution in [-0.4, -0.2) is 12.8 Å². The average molecular weight is 237 g/mol. The molecule has 90 valence electrons. The topological polar surface area (TPSA) is 21.6 Å². The number of hydrogen-bond acceptors (Lipinski definition) is 2. The van der Waals surface area contributed by atoms with Crippen molar-refractivity contribution in [3.8, 4) is 12.3 Å². The minimum absolute atomic E-state index is 0.0671. The van der Waals surface area contributed by atoms with E-state index in [0.717, 1.165) is 11.3 Å². The molecule has 2 heteroatoms. The lowest BCUT2D eigenvalue weighted by atomic mass is 9.94. The molecule has 1 atom stereocenters. The van der Waals surface area contributed by atoms with Crippen molar-refractivity contribution < 1.29 is 4.74 Å². The highest BCUT2D eigenvalue weighted by Gasteiger charge is 2.16. The molecule has 0 aromatic heterocycles. The monoisotopic (exact) mass is 237 g/mol. The molecule has 0 aliphatic carbocycles. The summed E-state index contributed by atoms with van der Waals surface area (Å²) in [5.41, 5.74) is 3.33. The summed E-state index contributed by atoms with van der Waals surface area (Å²) in [6.07, 6.45) is 10.8. The van der Waals surface area contributed by atoms with Crippen LogP contribution in [0.15, 0.2) is 53.4 Å². The fraction of sp³-hybridized carbons (Fsp3) is 0.188. The molecule has 0 radical (unpaired) electrons. The lowest BCUT2D eigenvalue weighted by Gasteiger charge is -2.16. The van der Waals surface area contributed by atoms with Gasteiger partial charge in [-0.15, -0.1) is 6.42 Å². The largest absolute Gasteiger partial charge is 0.457 e. The maximum Gasteiger partial charge on any atom is 0.173 e. The summed E-state index contributed by atoms with van der Waals surface area (Å²) in [5, 5.41) is 0. The highest BCUT2D eigenvalue weighted by atomic mass is 16.5. The summed E-state index contributed by atoms with van der Waals surface area (Å²) in [6.45, 7) is 2.07. The van der Waals surface area contributed by atoms with E-state index in [4.69, 9.17) is 11.2 Å². The molecule has 18 heavy (non-hydrogen) atoms. The summed E-state index contributed by atoms with van der Waals surface area (Å²) in [5.74, 6) is 3.11. The highest BCUT2D eigenvalue weighted by Crippen LogP contribution is 2.19. The van der Waals surface area contributed by atoms with Crippen LogP contribution in [0.25, 0.3) is 0 Å². The van der Waals surface area contributed by atoms with Gasteiger partial charge < -0.3 is 4.74 Å². The summed E-state index contributed by atoms with van der Waals surface area (Å²) in [4.78, 5) is 4.38. The van der Waals surface area contributed by atoms with Crippen molar-refractivity contribution in [3.63, 3.8) is 0 Å². The lowest BCUT2D eigenvalue weighted by Crippen LogP contribution is -2.14. The Kier molecular flexibility index (Phi) is 3.64. The predicted octanol–water partition coefficient (Wildman–Crippen LogP) is 3.09. The Balaban J connectivity index is 2.33. The van der Waals surface area contributed by atoms with Crippen LogP contribution in [-0.2, 0) is 4.74 Å². The van der Waals surface area contributed by atoms with E-state index in [9.17, 15) is 0 Å². The highest BCUT2D eigenvalue weighted by molar-refractivity contribution is 6.04. The van der Waals surface area contributed by atoms with Crippen LogP contribution in [0.3, 0.4) is 0 Å². The first-order valence-corrected chi connectivity index (χ1v) is 5.80. The quantitative estimate of drug-likeness (QED) is 0.572. The minimum Gasteiger partial charge on any atom is -0.457 e. The van der Waals surface area contributed by atoms with Crippen molar-refractivity contribution in [1.82, 2.24) is 0 Å². The van der Waals surface area contributed by atoms with Gasteiger partial charge in [0.15, 0.2) is 5.76 Å². The number of ether oxygens (including phenoxy) is 1. The second kappa shape index (κ2) is 5.37. The van der Waals surface area contributed by atoms with Gasteiger partial charge in [-0.3, -0.25) is 4.99 Å². The maximum absolute atomic E-state index is 5.35. The first kappa shape index (κ1) is 12.2. The zero-order chi connectivity index (χ0) is 13.0. The first-order valence-electron chi connectivity index (χ1n) is 5.80. The molecule has 0 fully saturated rings. The molecule has 0 saturated carbocycles. The van der Waals surface area contributed by atoms with Crippen molar-refractivity contribution in [1.29, 1.82) is 0 Å². The maximum atomic E-state index is 5.35. The first-order chi connectivity index (χ1) is 8.74. The Morgan fingerprint density at radius 1 is 1.33 bits per heavy atom. The second-order valence-electron chi connectivity index (χ2n) is 4.12. The van der Waals surface area contributed by atoms with Gasteiger partial charge in [0.25, 0.3) is 0 Å². The molecule has 1 aliphatic rings. The Morgan fingerprint density at radius 3 is 2.67 bits per heavy atom. The van der Waals surface area contributed by atoms with Crippen molar-refractivity contribution >= 4 is 5.71 Å². The van der Waals surface area contributed by atoms with E-state index in [2.05, 4.69) is 42.1 Å². The van der Waals surface area contributed by atoms with Gasteiger partial charge in [0.05, 0.1) is 12.0 Å². The third-order valence-corrected chi connectivity index (χ3v) is 2.86. The van der Waals surface area contributed by atoms with Crippen molar-refractivity contribution in [2.75, 3.05) is 7.05 Å². The van der Waals surface area contributed by atoms with Crippen LogP contribution in [0.2, 0.25) is 0 Å². The number of nitrogens with zero attached hydrogens (tertiary/aromatic N) is 1. The van der Waals surface area contributed by atoms with Gasteiger partial charge in [0.2, 0.25) is 0 Å². The van der Waals surface area contributed by atoms with Crippen LogP contribution in [0.1, 0.15) is 11.1 Å². The standard InChI is InChI=1S/C16H15NO/c1-4-15-11-14(9-10-18-15)16(17-3)13-7-5-12(2)6-8-13/h1,5-11,14H,2-3H3. The molecule has 0 spiro atoms. The minimum atomic E-state index is 0.0671. The van der Waals surface area contributed by atoms with E-state index in [1.54, 1.807) is 13.3 Å². The van der Waals surface area contributed by atoms with Crippen LogP contribution in [0.5, 0.6) is 0 Å². The van der Waals surface area contributed by atoms with Gasteiger partial charge in [-0.25, -0.2) is 0 Å². The molecule has 0 bridgehead atoms. The molecule has 0 saturated heterocycles. The van der Waals surface area contributed by atoms with E-state index in [0.29, 0.717) is 5.76 Å². The van der Waals surface area contributed by atoms with Crippen molar-refractivity contribution in [2.24, 2.45) is 10.9 Å². The van der Waals surface area contributed by atoms with E-state index in [1.165, 1.54) is 5.56 Å². The van der Waals surface area contributed by atoms with Crippen LogP contribution in [0.4, 0.5) is 0 Å². The van der Waals surface area contributed by atoms with Crippen molar-refractivity contribution in [2.45, 2.75) is 6.92 Å². The Morgan fingerprint density at radius 2 is 2.06 bits per heavy atom. The summed E-state index contributed by atoms with van der Waals surface area (Å²) < 4.78 is 5.20.